The summed E-state index contributed by atoms with van der Waals surface area (Å²) >= 11 is 0. The summed E-state index contributed by atoms with van der Waals surface area (Å²) in [6.45, 7) is 2.06. The first-order chi connectivity index (χ1) is 6.65. The van der Waals surface area contributed by atoms with Crippen molar-refractivity contribution in [2.75, 3.05) is 0 Å². The lowest BCUT2D eigenvalue weighted by atomic mass is 9.92. The molecule has 0 spiro atoms. The quantitative estimate of drug-likeness (QED) is 0.629. The largest absolute Gasteiger partial charge is 0.564 e. The molecule has 3 nitrogen and oxygen atoms in total. The number of rotatable bonds is 7. The van der Waals surface area contributed by atoms with Gasteiger partial charge in [0.15, 0.2) is 0 Å². The Morgan fingerprint density at radius 2 is 2.21 bits per heavy atom. The van der Waals surface area contributed by atoms with E-state index >= 15 is 0 Å². The fraction of sp³-hybridized carbons (Fsp3) is 0.909. The number of hydrogen-bond donors (Lipinski definition) is 1. The van der Waals surface area contributed by atoms with Crippen molar-refractivity contribution in [1.82, 2.24) is 0 Å². The third-order valence-electron chi connectivity index (χ3n) is 2.94. The van der Waals surface area contributed by atoms with E-state index in [2.05, 4.69) is 6.92 Å². The summed E-state index contributed by atoms with van der Waals surface area (Å²) in [4.78, 5) is 11.0. The summed E-state index contributed by atoms with van der Waals surface area (Å²) in [5, 5.41) is 16.9. The first-order valence-electron chi connectivity index (χ1n) is 5.58. The Bertz CT molecular complexity index is 187. The Hall–Kier alpha value is -0.570. The fourth-order valence-corrected chi connectivity index (χ4v) is 1.77. The summed E-state index contributed by atoms with van der Waals surface area (Å²) in [6.07, 6.45) is 5.12. The van der Waals surface area contributed by atoms with Crippen molar-refractivity contribution >= 4 is 5.97 Å². The third kappa shape index (κ3) is 3.66. The molecule has 0 bridgehead atoms. The van der Waals surface area contributed by atoms with Crippen LogP contribution >= 0.6 is 0 Å². The SMILES string of the molecule is CCCC[C@H](O)[C@@H](CC1CC1)C(=O)[OH2+]. The molecule has 1 fully saturated rings. The van der Waals surface area contributed by atoms with Gasteiger partial charge >= 0.3 is 5.97 Å². The maximum atomic E-state index is 11.0. The summed E-state index contributed by atoms with van der Waals surface area (Å²) in [5.74, 6) is -0.403. The molecule has 1 aliphatic carbocycles. The highest BCUT2D eigenvalue weighted by molar-refractivity contribution is 5.70. The molecule has 3 heteroatoms. The number of aliphatic hydroxyl groups is 1. The van der Waals surface area contributed by atoms with Gasteiger partial charge in [-0.25, -0.2) is 0 Å². The first kappa shape index (κ1) is 11.5. The maximum absolute atomic E-state index is 11.0. The Labute approximate surface area is 85.1 Å². The van der Waals surface area contributed by atoms with Gasteiger partial charge in [0.2, 0.25) is 0 Å². The van der Waals surface area contributed by atoms with Gasteiger partial charge in [0.05, 0.1) is 6.10 Å². The van der Waals surface area contributed by atoms with Crippen LogP contribution in [0.1, 0.15) is 45.4 Å². The average molecular weight is 201 g/mol. The predicted molar refractivity (Wildman–Crippen MR) is 55.0 cm³/mol. The van der Waals surface area contributed by atoms with Crippen LogP contribution in [0.3, 0.4) is 0 Å². The van der Waals surface area contributed by atoms with Gasteiger partial charge in [-0.1, -0.05) is 32.6 Å². The van der Waals surface area contributed by atoms with Gasteiger partial charge in [0.1, 0.15) is 5.92 Å². The normalized spacial score (nSPS) is 20.4. The third-order valence-corrected chi connectivity index (χ3v) is 2.94. The molecule has 0 amide bonds. The van der Waals surface area contributed by atoms with Crippen LogP contribution in [0.2, 0.25) is 0 Å². The van der Waals surface area contributed by atoms with Crippen molar-refractivity contribution in [3.63, 3.8) is 0 Å². The minimum absolute atomic E-state index is 0.422. The minimum Gasteiger partial charge on any atom is -0.564 e. The number of carbonyl (C=O) groups excluding carboxylic acids is 1. The van der Waals surface area contributed by atoms with Gasteiger partial charge in [0.25, 0.3) is 0 Å². The van der Waals surface area contributed by atoms with Gasteiger partial charge in [-0.3, -0.25) is 0 Å². The topological polar surface area (TPSA) is 60.2 Å². The maximum Gasteiger partial charge on any atom is 0.521 e. The second-order valence-corrected chi connectivity index (χ2v) is 4.36. The smallest absolute Gasteiger partial charge is 0.521 e. The van der Waals surface area contributed by atoms with Crippen molar-refractivity contribution < 1.29 is 15.0 Å². The van der Waals surface area contributed by atoms with Gasteiger partial charge in [-0.2, -0.15) is 0 Å². The monoisotopic (exact) mass is 201 g/mol. The number of hydrogen-bond acceptors (Lipinski definition) is 2. The highest BCUT2D eigenvalue weighted by Gasteiger charge is 2.37. The Morgan fingerprint density at radius 1 is 1.57 bits per heavy atom. The molecular formula is C11H21O3+. The molecule has 0 saturated heterocycles. The molecule has 0 radical (unpaired) electrons. The standard InChI is InChI=1S/C11H20O3/c1-2-3-4-10(12)9(11(13)14)7-8-5-6-8/h8-10,12H,2-7H2,1H3,(H,13,14)/p+1/t9-,10+/m1/s1. The van der Waals surface area contributed by atoms with Crippen LogP contribution in [0.15, 0.2) is 0 Å². The molecular weight excluding hydrogens is 180 g/mol. The molecule has 0 aliphatic heterocycles. The van der Waals surface area contributed by atoms with Crippen molar-refractivity contribution in [3.05, 3.63) is 0 Å². The highest BCUT2D eigenvalue weighted by atomic mass is 16.4. The van der Waals surface area contributed by atoms with E-state index in [-0.39, 0.29) is 0 Å². The Morgan fingerprint density at radius 3 is 2.64 bits per heavy atom. The van der Waals surface area contributed by atoms with E-state index in [1.54, 1.807) is 0 Å². The van der Waals surface area contributed by atoms with Crippen LogP contribution in [-0.2, 0) is 4.79 Å². The van der Waals surface area contributed by atoms with Crippen LogP contribution in [0, 0.1) is 11.8 Å². The molecule has 1 saturated carbocycles. The van der Waals surface area contributed by atoms with Crippen molar-refractivity contribution in [2.24, 2.45) is 11.8 Å². The van der Waals surface area contributed by atoms with Crippen LogP contribution < -0.4 is 0 Å². The van der Waals surface area contributed by atoms with Gasteiger partial charge in [-0.05, 0) is 18.8 Å². The molecule has 0 unspecified atom stereocenters. The molecule has 14 heavy (non-hydrogen) atoms. The lowest BCUT2D eigenvalue weighted by molar-refractivity contribution is -0.146. The first-order valence-corrected chi connectivity index (χ1v) is 5.58. The van der Waals surface area contributed by atoms with E-state index < -0.39 is 18.0 Å². The number of aliphatic hydroxyl groups excluding tert-OH is 1. The van der Waals surface area contributed by atoms with E-state index in [1.165, 1.54) is 12.8 Å². The fourth-order valence-electron chi connectivity index (χ4n) is 1.77. The molecule has 0 heterocycles. The molecule has 3 N–H and O–H groups in total. The van der Waals surface area contributed by atoms with Gasteiger partial charge < -0.3 is 10.2 Å². The van der Waals surface area contributed by atoms with E-state index in [4.69, 9.17) is 5.11 Å². The molecule has 82 valence electrons. The van der Waals surface area contributed by atoms with Gasteiger partial charge in [0, 0.05) is 4.79 Å². The zero-order valence-electron chi connectivity index (χ0n) is 8.83. The number of carbonyl (C=O) groups is 1. The van der Waals surface area contributed by atoms with Crippen LogP contribution in [-0.4, -0.2) is 22.3 Å². The minimum atomic E-state index is -0.583. The molecule has 2 atom stereocenters. The Balaban J connectivity index is 2.34. The number of unbranched alkanes of at least 4 members (excludes halogenated alkanes) is 1. The summed E-state index contributed by atoms with van der Waals surface area (Å²) in [7, 11) is 0. The van der Waals surface area contributed by atoms with Gasteiger partial charge in [-0.15, -0.1) is 0 Å². The lowest BCUT2D eigenvalue weighted by Crippen LogP contribution is -2.28. The zero-order chi connectivity index (χ0) is 10.6. The lowest BCUT2D eigenvalue weighted by Gasteiger charge is -2.15. The summed E-state index contributed by atoms with van der Waals surface area (Å²) in [5.41, 5.74) is 0. The van der Waals surface area contributed by atoms with E-state index in [9.17, 15) is 9.90 Å². The highest BCUT2D eigenvalue weighted by Crippen LogP contribution is 2.36. The predicted octanol–water partition coefficient (Wildman–Crippen LogP) is 1.20. The van der Waals surface area contributed by atoms with E-state index in [0.717, 1.165) is 19.3 Å². The average Bonchev–Trinajstić information content (AvgIpc) is 2.93. The van der Waals surface area contributed by atoms with Crippen molar-refractivity contribution in [1.29, 1.82) is 0 Å². The zero-order valence-corrected chi connectivity index (χ0v) is 8.83. The summed E-state index contributed by atoms with van der Waals surface area (Å²) < 4.78 is 0. The van der Waals surface area contributed by atoms with Crippen LogP contribution in [0.4, 0.5) is 0 Å². The molecule has 0 aromatic rings. The van der Waals surface area contributed by atoms with E-state index in [1.807, 2.05) is 0 Å². The second-order valence-electron chi connectivity index (χ2n) is 4.36. The Kier molecular flexibility index (Phi) is 4.39. The van der Waals surface area contributed by atoms with Crippen molar-refractivity contribution in [2.45, 2.75) is 51.6 Å². The van der Waals surface area contributed by atoms with E-state index in [0.29, 0.717) is 12.3 Å². The second kappa shape index (κ2) is 5.35. The molecule has 0 aromatic heterocycles. The molecule has 0 aromatic carbocycles. The molecule has 1 aliphatic rings. The van der Waals surface area contributed by atoms with Crippen LogP contribution in [0.25, 0.3) is 0 Å². The summed E-state index contributed by atoms with van der Waals surface area (Å²) in [6, 6.07) is 0. The molecule has 1 rings (SSSR count). The van der Waals surface area contributed by atoms with Crippen LogP contribution in [0.5, 0.6) is 0 Å². The van der Waals surface area contributed by atoms with Crippen molar-refractivity contribution in [3.8, 4) is 0 Å².